The number of methoxy groups -OCH3 is 1. The number of fused-ring (bicyclic) bond motifs is 1. The lowest BCUT2D eigenvalue weighted by molar-refractivity contribution is -0.135. The predicted molar refractivity (Wildman–Crippen MR) is 131 cm³/mol. The van der Waals surface area contributed by atoms with E-state index in [0.29, 0.717) is 18.7 Å². The second kappa shape index (κ2) is 10.1. The summed E-state index contributed by atoms with van der Waals surface area (Å²) < 4.78 is 5.21. The first-order chi connectivity index (χ1) is 17.0. The maximum Gasteiger partial charge on any atom is 0.255 e. The minimum atomic E-state index is -0.645. The lowest BCUT2D eigenvalue weighted by Crippen LogP contribution is -2.52. The summed E-state index contributed by atoms with van der Waals surface area (Å²) in [5.74, 6) is 0.419. The average molecular weight is 477 g/mol. The number of carbonyl (C=O) groups is 3. The van der Waals surface area contributed by atoms with Crippen LogP contribution in [0.4, 0.5) is 0 Å². The molecule has 35 heavy (non-hydrogen) atoms. The first kappa shape index (κ1) is 23.4. The van der Waals surface area contributed by atoms with E-state index in [4.69, 9.17) is 4.74 Å². The zero-order valence-electron chi connectivity index (χ0n) is 20.1. The molecule has 1 unspecified atom stereocenters. The lowest BCUT2D eigenvalue weighted by atomic mass is 10.0. The van der Waals surface area contributed by atoms with Gasteiger partial charge in [-0.05, 0) is 48.6 Å². The van der Waals surface area contributed by atoms with Gasteiger partial charge in [-0.25, -0.2) is 0 Å². The molecule has 2 aromatic rings. The number of nitrogens with one attached hydrogen (secondary N) is 1. The molecule has 8 nitrogen and oxygen atoms in total. The number of amides is 3. The normalized spacial score (nSPS) is 20.0. The van der Waals surface area contributed by atoms with Crippen molar-refractivity contribution in [1.82, 2.24) is 20.0 Å². The molecule has 1 saturated heterocycles. The van der Waals surface area contributed by atoms with Crippen LogP contribution in [0.3, 0.4) is 0 Å². The van der Waals surface area contributed by atoms with Gasteiger partial charge in [-0.2, -0.15) is 0 Å². The van der Waals surface area contributed by atoms with Crippen molar-refractivity contribution in [1.29, 1.82) is 0 Å². The maximum absolute atomic E-state index is 13.1. The molecule has 1 N–H and O–H groups in total. The molecule has 2 fully saturated rings. The van der Waals surface area contributed by atoms with Crippen molar-refractivity contribution < 1.29 is 19.1 Å². The number of hydrogen-bond donors (Lipinski definition) is 1. The van der Waals surface area contributed by atoms with Crippen LogP contribution < -0.4 is 10.1 Å². The van der Waals surface area contributed by atoms with Gasteiger partial charge in [-0.1, -0.05) is 30.3 Å². The van der Waals surface area contributed by atoms with Gasteiger partial charge in [0.05, 0.1) is 13.7 Å². The van der Waals surface area contributed by atoms with Gasteiger partial charge in [-0.15, -0.1) is 0 Å². The summed E-state index contributed by atoms with van der Waals surface area (Å²) in [6, 6.07) is 14.9. The van der Waals surface area contributed by atoms with Gasteiger partial charge in [0.2, 0.25) is 11.8 Å². The fourth-order valence-electron chi connectivity index (χ4n) is 5.00. The molecular formula is C27H32N4O4. The first-order valence-corrected chi connectivity index (χ1v) is 12.4. The van der Waals surface area contributed by atoms with Crippen molar-refractivity contribution in [2.45, 2.75) is 31.3 Å². The Morgan fingerprint density at radius 3 is 2.40 bits per heavy atom. The molecule has 2 aromatic carbocycles. The zero-order valence-corrected chi connectivity index (χ0v) is 20.1. The number of carbonyl (C=O) groups excluding carboxylic acids is 3. The quantitative estimate of drug-likeness (QED) is 0.629. The van der Waals surface area contributed by atoms with Crippen molar-refractivity contribution in [3.63, 3.8) is 0 Å². The summed E-state index contributed by atoms with van der Waals surface area (Å²) in [4.78, 5) is 44.6. The van der Waals surface area contributed by atoms with E-state index < -0.39 is 6.04 Å². The van der Waals surface area contributed by atoms with E-state index in [2.05, 4.69) is 22.3 Å². The monoisotopic (exact) mass is 476 g/mol. The van der Waals surface area contributed by atoms with Crippen molar-refractivity contribution in [3.05, 3.63) is 65.2 Å². The molecule has 3 aliphatic rings. The fraction of sp³-hybridized carbons (Fsp3) is 0.444. The molecule has 0 bridgehead atoms. The Morgan fingerprint density at radius 2 is 1.71 bits per heavy atom. The van der Waals surface area contributed by atoms with E-state index in [1.54, 1.807) is 18.1 Å². The molecule has 1 atom stereocenters. The van der Waals surface area contributed by atoms with Crippen LogP contribution in [0.5, 0.6) is 5.75 Å². The topological polar surface area (TPSA) is 82.2 Å². The SMILES string of the molecule is COc1ccc(CCN2CCN(C(=O)CNC(=O)C3c4ccccc4C(=O)N3C3CC3)CC2)cc1. The Hall–Kier alpha value is -3.39. The fourth-order valence-corrected chi connectivity index (χ4v) is 5.00. The van der Waals surface area contributed by atoms with E-state index in [1.165, 1.54) is 5.56 Å². The van der Waals surface area contributed by atoms with Crippen LogP contribution in [0.2, 0.25) is 0 Å². The molecule has 2 heterocycles. The first-order valence-electron chi connectivity index (χ1n) is 12.4. The van der Waals surface area contributed by atoms with Crippen LogP contribution in [-0.2, 0) is 16.0 Å². The molecule has 0 spiro atoms. The summed E-state index contributed by atoms with van der Waals surface area (Å²) in [5, 5.41) is 2.82. The highest BCUT2D eigenvalue weighted by molar-refractivity contribution is 6.05. The number of hydrogen-bond acceptors (Lipinski definition) is 5. The van der Waals surface area contributed by atoms with Crippen molar-refractivity contribution in [3.8, 4) is 5.75 Å². The van der Waals surface area contributed by atoms with Gasteiger partial charge in [0.1, 0.15) is 11.8 Å². The van der Waals surface area contributed by atoms with Gasteiger partial charge >= 0.3 is 0 Å². The number of benzene rings is 2. The minimum absolute atomic E-state index is 0.0456. The van der Waals surface area contributed by atoms with Gasteiger partial charge < -0.3 is 19.9 Å². The summed E-state index contributed by atoms with van der Waals surface area (Å²) >= 11 is 0. The molecule has 5 rings (SSSR count). The number of nitrogens with zero attached hydrogens (tertiary/aromatic N) is 3. The molecule has 2 aliphatic heterocycles. The lowest BCUT2D eigenvalue weighted by Gasteiger charge is -2.35. The zero-order chi connectivity index (χ0) is 24.4. The number of ether oxygens (including phenoxy) is 1. The van der Waals surface area contributed by atoms with Crippen LogP contribution in [0.1, 0.15) is 40.4 Å². The summed E-state index contributed by atoms with van der Waals surface area (Å²) in [7, 11) is 1.67. The third-order valence-corrected chi connectivity index (χ3v) is 7.20. The van der Waals surface area contributed by atoms with E-state index in [9.17, 15) is 14.4 Å². The highest BCUT2D eigenvalue weighted by atomic mass is 16.5. The van der Waals surface area contributed by atoms with Crippen LogP contribution >= 0.6 is 0 Å². The highest BCUT2D eigenvalue weighted by Gasteiger charge is 2.47. The number of piperazine rings is 1. The van der Waals surface area contributed by atoms with Crippen molar-refractivity contribution >= 4 is 17.7 Å². The van der Waals surface area contributed by atoms with E-state index in [-0.39, 0.29) is 30.3 Å². The maximum atomic E-state index is 13.1. The third kappa shape index (κ3) is 5.03. The smallest absolute Gasteiger partial charge is 0.255 e. The molecule has 0 aromatic heterocycles. The van der Waals surface area contributed by atoms with Crippen molar-refractivity contribution in [2.24, 2.45) is 0 Å². The van der Waals surface area contributed by atoms with Gasteiger partial charge in [0, 0.05) is 44.3 Å². The molecule has 1 aliphatic carbocycles. The Kier molecular flexibility index (Phi) is 6.72. The van der Waals surface area contributed by atoms with E-state index >= 15 is 0 Å². The summed E-state index contributed by atoms with van der Waals surface area (Å²) in [5.41, 5.74) is 2.59. The summed E-state index contributed by atoms with van der Waals surface area (Å²) in [6.45, 7) is 3.82. The van der Waals surface area contributed by atoms with Crippen LogP contribution in [0.15, 0.2) is 48.5 Å². The molecule has 184 valence electrons. The number of rotatable bonds is 8. The second-order valence-corrected chi connectivity index (χ2v) is 9.47. The van der Waals surface area contributed by atoms with E-state index in [1.807, 2.05) is 35.2 Å². The van der Waals surface area contributed by atoms with E-state index in [0.717, 1.165) is 50.2 Å². The largest absolute Gasteiger partial charge is 0.497 e. The van der Waals surface area contributed by atoms with Crippen LogP contribution in [-0.4, -0.2) is 84.8 Å². The Balaban J connectivity index is 1.09. The standard InChI is InChI=1S/C27H32N4O4/c1-35-21-10-6-19(7-11-21)12-13-29-14-16-30(17-15-29)24(32)18-28-26(33)25-22-4-2-3-5-23(22)27(34)31(25)20-8-9-20/h2-7,10-11,20,25H,8-9,12-18H2,1H3,(H,28,33). The molecule has 0 radical (unpaired) electrons. The minimum Gasteiger partial charge on any atom is -0.497 e. The predicted octanol–water partition coefficient (Wildman–Crippen LogP) is 1.86. The Bertz CT molecular complexity index is 1090. The van der Waals surface area contributed by atoms with Gasteiger partial charge in [0.15, 0.2) is 0 Å². The van der Waals surface area contributed by atoms with Crippen LogP contribution in [0.25, 0.3) is 0 Å². The third-order valence-electron chi connectivity index (χ3n) is 7.20. The van der Waals surface area contributed by atoms with Gasteiger partial charge in [0.25, 0.3) is 5.91 Å². The average Bonchev–Trinajstić information content (AvgIpc) is 3.70. The summed E-state index contributed by atoms with van der Waals surface area (Å²) in [6.07, 6.45) is 2.80. The Morgan fingerprint density at radius 1 is 1.00 bits per heavy atom. The molecule has 3 amide bonds. The molecular weight excluding hydrogens is 444 g/mol. The van der Waals surface area contributed by atoms with Crippen LogP contribution in [0, 0.1) is 0 Å². The second-order valence-electron chi connectivity index (χ2n) is 9.47. The Labute approximate surface area is 205 Å². The molecule has 8 heteroatoms. The molecule has 1 saturated carbocycles. The van der Waals surface area contributed by atoms with Crippen molar-refractivity contribution in [2.75, 3.05) is 46.4 Å². The highest BCUT2D eigenvalue weighted by Crippen LogP contribution is 2.41. The van der Waals surface area contributed by atoms with Gasteiger partial charge in [-0.3, -0.25) is 19.3 Å².